The number of hydrogen-bond acceptors (Lipinski definition) is 11. The lowest BCUT2D eigenvalue weighted by Crippen LogP contribution is -2.62. The number of aliphatic hydroxyl groups is 6. The van der Waals surface area contributed by atoms with Gasteiger partial charge < -0.3 is 49.6 Å². The highest BCUT2D eigenvalue weighted by atomic mass is 16.8. The van der Waals surface area contributed by atoms with E-state index in [0.29, 0.717) is 0 Å². The minimum Gasteiger partial charge on any atom is -0.472 e. The number of aliphatic hydroxyl groups excluding tert-OH is 5. The van der Waals surface area contributed by atoms with Gasteiger partial charge in [0.2, 0.25) is 6.29 Å². The van der Waals surface area contributed by atoms with E-state index in [0.717, 1.165) is 6.26 Å². The first kappa shape index (κ1) is 21.4. The summed E-state index contributed by atoms with van der Waals surface area (Å²) < 4.78 is 21.7. The lowest BCUT2D eigenvalue weighted by Gasteiger charge is -2.45. The Morgan fingerprint density at radius 2 is 1.86 bits per heavy atom. The Balaban J connectivity index is 1.87. The van der Waals surface area contributed by atoms with E-state index in [1.807, 2.05) is 0 Å². The monoisotopic (exact) mass is 406 g/mol. The van der Waals surface area contributed by atoms with Crippen LogP contribution in [0.3, 0.4) is 0 Å². The molecule has 3 aliphatic rings. The quantitative estimate of drug-likeness (QED) is 0.264. The van der Waals surface area contributed by atoms with E-state index < -0.39 is 72.8 Å². The van der Waals surface area contributed by atoms with E-state index in [9.17, 15) is 35.4 Å². The Morgan fingerprint density at radius 1 is 1.18 bits per heavy atom. The van der Waals surface area contributed by atoms with Gasteiger partial charge in [-0.3, -0.25) is 4.79 Å². The average Bonchev–Trinajstić information content (AvgIpc) is 2.81. The predicted octanol–water partition coefficient (Wildman–Crippen LogP) is -2.89. The normalized spacial score (nSPS) is 50.7. The smallest absolute Gasteiger partial charge is 0.303 e. The van der Waals surface area contributed by atoms with Crippen LogP contribution in [0.1, 0.15) is 20.3 Å². The second kappa shape index (κ2) is 7.50. The molecule has 0 spiro atoms. The van der Waals surface area contributed by atoms with Crippen molar-refractivity contribution in [1.82, 2.24) is 0 Å². The standard InChI is InChI=1S/C17H26O11/c1-7(19)28-16(2)5-9(20)17(24)3-4-25-15(13(16)17)27-14-12(23)11(22)10(21)8(6-18)26-14/h3-4,8-15,18,20-24H,5-6H2,1-2H3/t8-,9?,10-,11+,12-,13?,14+,15+,16+,17?/m1/s1. The zero-order valence-corrected chi connectivity index (χ0v) is 15.4. The molecule has 28 heavy (non-hydrogen) atoms. The summed E-state index contributed by atoms with van der Waals surface area (Å²) in [6.07, 6.45) is -8.06. The van der Waals surface area contributed by atoms with Crippen LogP contribution in [0, 0.1) is 5.92 Å². The van der Waals surface area contributed by atoms with E-state index in [4.69, 9.17) is 18.9 Å². The van der Waals surface area contributed by atoms with Crippen molar-refractivity contribution in [3.05, 3.63) is 12.3 Å². The molecule has 0 bridgehead atoms. The van der Waals surface area contributed by atoms with E-state index in [1.165, 1.54) is 19.9 Å². The molecule has 3 unspecified atom stereocenters. The van der Waals surface area contributed by atoms with Crippen LogP contribution in [0.2, 0.25) is 0 Å². The maximum absolute atomic E-state index is 11.6. The van der Waals surface area contributed by atoms with Crippen molar-refractivity contribution >= 4 is 5.97 Å². The highest BCUT2D eigenvalue weighted by Crippen LogP contribution is 2.51. The maximum Gasteiger partial charge on any atom is 0.303 e. The fourth-order valence-corrected chi connectivity index (χ4v) is 4.25. The molecule has 0 radical (unpaired) electrons. The van der Waals surface area contributed by atoms with Gasteiger partial charge in [-0.2, -0.15) is 0 Å². The van der Waals surface area contributed by atoms with Crippen LogP contribution in [-0.4, -0.2) is 97.5 Å². The van der Waals surface area contributed by atoms with E-state index in [-0.39, 0.29) is 6.42 Å². The molecule has 0 amide bonds. The van der Waals surface area contributed by atoms with E-state index in [1.54, 1.807) is 0 Å². The summed E-state index contributed by atoms with van der Waals surface area (Å²) in [5.41, 5.74) is -3.22. The minimum atomic E-state index is -1.85. The average molecular weight is 406 g/mol. The first-order valence-electron chi connectivity index (χ1n) is 8.92. The molecule has 2 heterocycles. The van der Waals surface area contributed by atoms with Crippen LogP contribution in [0.5, 0.6) is 0 Å². The molecule has 11 nitrogen and oxygen atoms in total. The number of fused-ring (bicyclic) bond motifs is 1. The molecule has 10 atom stereocenters. The third-order valence-corrected chi connectivity index (χ3v) is 5.60. The van der Waals surface area contributed by atoms with Gasteiger partial charge in [0.15, 0.2) is 6.29 Å². The molecular formula is C17H26O11. The van der Waals surface area contributed by atoms with E-state index >= 15 is 0 Å². The molecule has 160 valence electrons. The summed E-state index contributed by atoms with van der Waals surface area (Å²) >= 11 is 0. The van der Waals surface area contributed by atoms with Gasteiger partial charge in [-0.15, -0.1) is 0 Å². The molecular weight excluding hydrogens is 380 g/mol. The zero-order chi connectivity index (χ0) is 20.9. The fraction of sp³-hybridized carbons (Fsp3) is 0.824. The number of ether oxygens (including phenoxy) is 4. The van der Waals surface area contributed by atoms with Crippen LogP contribution >= 0.6 is 0 Å². The first-order chi connectivity index (χ1) is 13.0. The van der Waals surface area contributed by atoms with Crippen molar-refractivity contribution < 1.29 is 54.4 Å². The lowest BCUT2D eigenvalue weighted by molar-refractivity contribution is -0.351. The van der Waals surface area contributed by atoms with Crippen LogP contribution < -0.4 is 0 Å². The molecule has 0 aromatic heterocycles. The number of esters is 1. The van der Waals surface area contributed by atoms with Gasteiger partial charge in [0.25, 0.3) is 0 Å². The Hall–Kier alpha value is -1.31. The van der Waals surface area contributed by atoms with Gasteiger partial charge in [-0.25, -0.2) is 0 Å². The Morgan fingerprint density at radius 3 is 2.46 bits per heavy atom. The first-order valence-corrected chi connectivity index (χ1v) is 8.92. The van der Waals surface area contributed by atoms with Crippen molar-refractivity contribution in [3.63, 3.8) is 0 Å². The molecule has 1 saturated heterocycles. The minimum absolute atomic E-state index is 0.101. The molecule has 3 rings (SSSR count). The molecule has 1 saturated carbocycles. The molecule has 2 fully saturated rings. The molecule has 11 heteroatoms. The van der Waals surface area contributed by atoms with Crippen LogP contribution in [0.4, 0.5) is 0 Å². The second-order valence-electron chi connectivity index (χ2n) is 7.63. The Bertz CT molecular complexity index is 624. The van der Waals surface area contributed by atoms with Gasteiger partial charge in [0.1, 0.15) is 35.6 Å². The highest BCUT2D eigenvalue weighted by molar-refractivity contribution is 5.66. The zero-order valence-electron chi connectivity index (χ0n) is 15.4. The Kier molecular flexibility index (Phi) is 5.73. The number of carbonyl (C=O) groups excluding carboxylic acids is 1. The van der Waals surface area contributed by atoms with Crippen molar-refractivity contribution in [1.29, 1.82) is 0 Å². The van der Waals surface area contributed by atoms with Crippen LogP contribution in [0.25, 0.3) is 0 Å². The lowest BCUT2D eigenvalue weighted by atomic mass is 9.81. The second-order valence-corrected chi connectivity index (χ2v) is 7.63. The molecule has 6 N–H and O–H groups in total. The molecule has 2 aliphatic heterocycles. The van der Waals surface area contributed by atoms with Gasteiger partial charge in [0.05, 0.1) is 24.9 Å². The molecule has 0 aromatic rings. The number of carbonyl (C=O) groups is 1. The van der Waals surface area contributed by atoms with Crippen molar-refractivity contribution in [2.45, 2.75) is 74.6 Å². The van der Waals surface area contributed by atoms with Crippen molar-refractivity contribution in [2.75, 3.05) is 6.61 Å². The third kappa shape index (κ3) is 3.42. The summed E-state index contributed by atoms with van der Waals surface area (Å²) in [4.78, 5) is 11.6. The summed E-state index contributed by atoms with van der Waals surface area (Å²) in [6.45, 7) is 2.04. The summed E-state index contributed by atoms with van der Waals surface area (Å²) in [5, 5.41) is 60.6. The largest absolute Gasteiger partial charge is 0.472 e. The van der Waals surface area contributed by atoms with Gasteiger partial charge >= 0.3 is 5.97 Å². The Labute approximate surface area is 160 Å². The third-order valence-electron chi connectivity index (χ3n) is 5.60. The van der Waals surface area contributed by atoms with Crippen molar-refractivity contribution in [3.8, 4) is 0 Å². The summed E-state index contributed by atoms with van der Waals surface area (Å²) in [5.74, 6) is -1.74. The number of hydrogen-bond donors (Lipinski definition) is 6. The predicted molar refractivity (Wildman–Crippen MR) is 88.1 cm³/mol. The fourth-order valence-electron chi connectivity index (χ4n) is 4.25. The van der Waals surface area contributed by atoms with Gasteiger partial charge in [0, 0.05) is 13.3 Å². The number of rotatable bonds is 4. The van der Waals surface area contributed by atoms with E-state index in [2.05, 4.69) is 0 Å². The maximum atomic E-state index is 11.6. The molecule has 1 aliphatic carbocycles. The summed E-state index contributed by atoms with van der Waals surface area (Å²) in [7, 11) is 0. The SMILES string of the molecule is CC(=O)O[C@@]1(C)CC(O)C2(O)C=CO[C@@H](O[C@@H]3O[C@H](CO)[C@@H](O)[C@H](O)[C@H]3O)C21. The van der Waals surface area contributed by atoms with Gasteiger partial charge in [-0.1, -0.05) is 0 Å². The van der Waals surface area contributed by atoms with Crippen LogP contribution in [-0.2, 0) is 23.7 Å². The van der Waals surface area contributed by atoms with Crippen LogP contribution in [0.15, 0.2) is 12.3 Å². The van der Waals surface area contributed by atoms with Crippen molar-refractivity contribution in [2.24, 2.45) is 5.92 Å². The molecule has 0 aromatic carbocycles. The topological polar surface area (TPSA) is 175 Å². The highest BCUT2D eigenvalue weighted by Gasteiger charge is 2.66. The van der Waals surface area contributed by atoms with Gasteiger partial charge in [-0.05, 0) is 13.0 Å². The summed E-state index contributed by atoms with van der Waals surface area (Å²) in [6, 6.07) is 0.